The van der Waals surface area contributed by atoms with E-state index in [1.165, 1.54) is 17.7 Å². The molecule has 20 heavy (non-hydrogen) atoms. The molecule has 4 heteroatoms. The largest absolute Gasteiger partial charge is 0.480 e. The summed E-state index contributed by atoms with van der Waals surface area (Å²) in [6.07, 6.45) is 2.30. The number of benzene rings is 1. The molecular formula is C16H24N2O2. The Morgan fingerprint density at radius 2 is 2.20 bits per heavy atom. The van der Waals surface area contributed by atoms with Gasteiger partial charge >= 0.3 is 5.97 Å². The van der Waals surface area contributed by atoms with Crippen LogP contribution in [0.2, 0.25) is 0 Å². The van der Waals surface area contributed by atoms with Crippen molar-refractivity contribution in [2.45, 2.75) is 39.3 Å². The van der Waals surface area contributed by atoms with Crippen molar-refractivity contribution in [3.63, 3.8) is 0 Å². The highest BCUT2D eigenvalue weighted by Crippen LogP contribution is 2.26. The summed E-state index contributed by atoms with van der Waals surface area (Å²) in [4.78, 5) is 13.5. The van der Waals surface area contributed by atoms with Crippen LogP contribution in [-0.2, 0) is 17.8 Å². The number of carboxylic acid groups (broad SMARTS) is 1. The Morgan fingerprint density at radius 1 is 1.45 bits per heavy atom. The maximum atomic E-state index is 11.2. The van der Waals surface area contributed by atoms with Crippen LogP contribution in [-0.4, -0.2) is 30.7 Å². The zero-order chi connectivity index (χ0) is 14.7. The molecule has 0 fully saturated rings. The molecule has 110 valence electrons. The van der Waals surface area contributed by atoms with Crippen LogP contribution in [0.3, 0.4) is 0 Å². The minimum absolute atomic E-state index is 0.0799. The first-order chi connectivity index (χ1) is 9.49. The third kappa shape index (κ3) is 3.31. The number of aryl methyl sites for hydroxylation is 1. The van der Waals surface area contributed by atoms with E-state index in [-0.39, 0.29) is 5.92 Å². The monoisotopic (exact) mass is 276 g/mol. The Bertz CT molecular complexity index is 485. The molecule has 0 aromatic heterocycles. The Morgan fingerprint density at radius 3 is 2.85 bits per heavy atom. The SMILES string of the molecule is CC(C)C(NCc1ccc2c(c1)CCCN2C)C(=O)O. The average Bonchev–Trinajstić information content (AvgIpc) is 2.38. The number of nitrogens with zero attached hydrogens (tertiary/aromatic N) is 1. The minimum Gasteiger partial charge on any atom is -0.480 e. The van der Waals surface area contributed by atoms with Crippen molar-refractivity contribution in [1.82, 2.24) is 5.32 Å². The fraction of sp³-hybridized carbons (Fsp3) is 0.562. The van der Waals surface area contributed by atoms with Gasteiger partial charge < -0.3 is 15.3 Å². The van der Waals surface area contributed by atoms with Gasteiger partial charge in [0.05, 0.1) is 0 Å². The first-order valence-corrected chi connectivity index (χ1v) is 7.28. The highest BCUT2D eigenvalue weighted by Gasteiger charge is 2.20. The summed E-state index contributed by atoms with van der Waals surface area (Å²) in [5.74, 6) is -0.700. The summed E-state index contributed by atoms with van der Waals surface area (Å²) in [7, 11) is 2.12. The molecule has 1 aliphatic rings. The van der Waals surface area contributed by atoms with Crippen LogP contribution >= 0.6 is 0 Å². The van der Waals surface area contributed by atoms with E-state index in [4.69, 9.17) is 0 Å². The van der Waals surface area contributed by atoms with E-state index in [1.54, 1.807) is 0 Å². The van der Waals surface area contributed by atoms with Crippen molar-refractivity contribution in [1.29, 1.82) is 0 Å². The predicted octanol–water partition coefficient (Wildman–Crippen LogP) is 2.27. The highest BCUT2D eigenvalue weighted by atomic mass is 16.4. The Balaban J connectivity index is 2.05. The van der Waals surface area contributed by atoms with Gasteiger partial charge in [-0.05, 0) is 36.0 Å². The molecule has 1 atom stereocenters. The number of carboxylic acids is 1. The molecule has 1 heterocycles. The lowest BCUT2D eigenvalue weighted by Crippen LogP contribution is -2.40. The van der Waals surface area contributed by atoms with Crippen LogP contribution in [0.1, 0.15) is 31.4 Å². The predicted molar refractivity (Wildman–Crippen MR) is 81.1 cm³/mol. The maximum Gasteiger partial charge on any atom is 0.320 e. The molecular weight excluding hydrogens is 252 g/mol. The highest BCUT2D eigenvalue weighted by molar-refractivity contribution is 5.73. The van der Waals surface area contributed by atoms with Crippen LogP contribution in [0.5, 0.6) is 0 Å². The van der Waals surface area contributed by atoms with E-state index < -0.39 is 12.0 Å². The molecule has 0 saturated heterocycles. The standard InChI is InChI=1S/C16H24N2O2/c1-11(2)15(16(19)20)17-10-12-6-7-14-13(9-12)5-4-8-18(14)3/h6-7,9,11,15,17H,4-5,8,10H2,1-3H3,(H,19,20). The molecule has 0 amide bonds. The fourth-order valence-electron chi connectivity index (χ4n) is 2.78. The number of fused-ring (bicyclic) bond motifs is 1. The molecule has 0 bridgehead atoms. The normalized spacial score (nSPS) is 16.1. The molecule has 0 spiro atoms. The molecule has 2 N–H and O–H groups in total. The molecule has 1 aliphatic heterocycles. The Kier molecular flexibility index (Phi) is 4.65. The third-order valence-corrected chi connectivity index (χ3v) is 3.95. The van der Waals surface area contributed by atoms with Gasteiger partial charge in [0, 0.05) is 25.8 Å². The van der Waals surface area contributed by atoms with E-state index in [9.17, 15) is 9.90 Å². The van der Waals surface area contributed by atoms with Crippen molar-refractivity contribution < 1.29 is 9.90 Å². The lowest BCUT2D eigenvalue weighted by Gasteiger charge is -2.28. The van der Waals surface area contributed by atoms with Crippen LogP contribution in [0, 0.1) is 5.92 Å². The van der Waals surface area contributed by atoms with Gasteiger partial charge in [0.15, 0.2) is 0 Å². The van der Waals surface area contributed by atoms with Gasteiger partial charge in [0.1, 0.15) is 6.04 Å². The number of aliphatic carboxylic acids is 1. The molecule has 0 saturated carbocycles. The molecule has 2 rings (SSSR count). The number of hydrogen-bond acceptors (Lipinski definition) is 3. The lowest BCUT2D eigenvalue weighted by molar-refractivity contribution is -0.140. The van der Waals surface area contributed by atoms with E-state index in [1.807, 2.05) is 13.8 Å². The molecule has 1 aromatic rings. The van der Waals surface area contributed by atoms with Crippen LogP contribution in [0.4, 0.5) is 5.69 Å². The third-order valence-electron chi connectivity index (χ3n) is 3.95. The zero-order valence-electron chi connectivity index (χ0n) is 12.5. The fourth-order valence-corrected chi connectivity index (χ4v) is 2.78. The number of nitrogens with one attached hydrogen (secondary N) is 1. The summed E-state index contributed by atoms with van der Waals surface area (Å²) in [5.41, 5.74) is 3.83. The van der Waals surface area contributed by atoms with E-state index in [0.29, 0.717) is 6.54 Å². The minimum atomic E-state index is -0.780. The van der Waals surface area contributed by atoms with Gasteiger partial charge in [0.25, 0.3) is 0 Å². The van der Waals surface area contributed by atoms with Gasteiger partial charge in [-0.1, -0.05) is 26.0 Å². The van der Waals surface area contributed by atoms with Crippen molar-refractivity contribution in [2.24, 2.45) is 5.92 Å². The van der Waals surface area contributed by atoms with Gasteiger partial charge in [0.2, 0.25) is 0 Å². The number of hydrogen-bond donors (Lipinski definition) is 2. The van der Waals surface area contributed by atoms with Crippen LogP contribution in [0.25, 0.3) is 0 Å². The summed E-state index contributed by atoms with van der Waals surface area (Å²) in [6.45, 7) is 5.56. The Labute approximate surface area is 120 Å². The number of anilines is 1. The van der Waals surface area contributed by atoms with E-state index >= 15 is 0 Å². The van der Waals surface area contributed by atoms with Crippen molar-refractivity contribution in [2.75, 3.05) is 18.5 Å². The van der Waals surface area contributed by atoms with E-state index in [2.05, 4.69) is 35.5 Å². The lowest BCUT2D eigenvalue weighted by atomic mass is 9.99. The summed E-state index contributed by atoms with van der Waals surface area (Å²) in [5, 5.41) is 12.3. The topological polar surface area (TPSA) is 52.6 Å². The summed E-state index contributed by atoms with van der Waals surface area (Å²) < 4.78 is 0. The number of rotatable bonds is 5. The quantitative estimate of drug-likeness (QED) is 0.866. The van der Waals surface area contributed by atoms with E-state index in [0.717, 1.165) is 18.5 Å². The maximum absolute atomic E-state index is 11.2. The smallest absolute Gasteiger partial charge is 0.320 e. The zero-order valence-corrected chi connectivity index (χ0v) is 12.5. The van der Waals surface area contributed by atoms with Crippen LogP contribution < -0.4 is 10.2 Å². The van der Waals surface area contributed by atoms with Crippen molar-refractivity contribution >= 4 is 11.7 Å². The Hall–Kier alpha value is -1.55. The molecule has 1 aromatic carbocycles. The second-order valence-electron chi connectivity index (χ2n) is 5.93. The molecule has 4 nitrogen and oxygen atoms in total. The van der Waals surface area contributed by atoms with Crippen molar-refractivity contribution in [3.8, 4) is 0 Å². The second-order valence-corrected chi connectivity index (χ2v) is 5.93. The first kappa shape index (κ1) is 14.9. The van der Waals surface area contributed by atoms with Crippen molar-refractivity contribution in [3.05, 3.63) is 29.3 Å². The van der Waals surface area contributed by atoms with Crippen LogP contribution in [0.15, 0.2) is 18.2 Å². The van der Waals surface area contributed by atoms with Gasteiger partial charge in [-0.2, -0.15) is 0 Å². The van der Waals surface area contributed by atoms with Gasteiger partial charge in [-0.3, -0.25) is 4.79 Å². The second kappa shape index (κ2) is 6.27. The summed E-state index contributed by atoms with van der Waals surface area (Å²) >= 11 is 0. The average molecular weight is 276 g/mol. The first-order valence-electron chi connectivity index (χ1n) is 7.28. The van der Waals surface area contributed by atoms with Gasteiger partial charge in [-0.15, -0.1) is 0 Å². The summed E-state index contributed by atoms with van der Waals surface area (Å²) in [6, 6.07) is 5.95. The molecule has 0 aliphatic carbocycles. The number of carbonyl (C=O) groups is 1. The molecule has 1 unspecified atom stereocenters. The molecule has 0 radical (unpaired) electrons. The van der Waals surface area contributed by atoms with Gasteiger partial charge in [-0.25, -0.2) is 0 Å².